The van der Waals surface area contributed by atoms with E-state index in [0.717, 1.165) is 19.3 Å². The summed E-state index contributed by atoms with van der Waals surface area (Å²) in [5.74, 6) is 0. The summed E-state index contributed by atoms with van der Waals surface area (Å²) < 4.78 is 7.38. The van der Waals surface area contributed by atoms with E-state index in [0.29, 0.717) is 6.42 Å². The second-order valence-electron chi connectivity index (χ2n) is 12.1. The molecule has 0 aliphatic heterocycles. The second-order valence-corrected chi connectivity index (χ2v) is 16.3. The Morgan fingerprint density at radius 1 is 0.737 bits per heavy atom. The number of rotatable bonds is 20. The predicted molar refractivity (Wildman–Crippen MR) is 169 cm³/mol. The van der Waals surface area contributed by atoms with Crippen LogP contribution < -0.4 is 10.4 Å². The smallest absolute Gasteiger partial charge is 0.261 e. The molecule has 0 saturated carbocycles. The topological polar surface area (TPSA) is 29.5 Å². The highest BCUT2D eigenvalue weighted by Crippen LogP contribution is 2.38. The first-order valence-electron chi connectivity index (χ1n) is 15.4. The van der Waals surface area contributed by atoms with E-state index >= 15 is 0 Å². The van der Waals surface area contributed by atoms with Gasteiger partial charge in [0.2, 0.25) is 0 Å². The Hall–Kier alpha value is -1.68. The van der Waals surface area contributed by atoms with Crippen molar-refractivity contribution in [2.45, 2.75) is 135 Å². The zero-order valence-corrected chi connectivity index (χ0v) is 26.0. The molecule has 2 atom stereocenters. The molecule has 0 bridgehead atoms. The lowest BCUT2D eigenvalue weighted by atomic mass is 10.0. The van der Waals surface area contributed by atoms with Crippen LogP contribution in [0.15, 0.2) is 73.3 Å². The predicted octanol–water partition coefficient (Wildman–Crippen LogP) is 8.96. The number of benzene rings is 2. The molecule has 0 aliphatic rings. The molecule has 3 heteroatoms. The maximum absolute atomic E-state index is 11.4. The highest BCUT2D eigenvalue weighted by Gasteiger charge is 2.51. The van der Waals surface area contributed by atoms with Gasteiger partial charge in [0, 0.05) is 0 Å². The molecule has 0 radical (unpaired) electrons. The average molecular weight is 537 g/mol. The molecule has 2 aromatic rings. The summed E-state index contributed by atoms with van der Waals surface area (Å²) >= 11 is 0. The van der Waals surface area contributed by atoms with Crippen molar-refractivity contribution >= 4 is 18.7 Å². The first kappa shape index (κ1) is 32.5. The first-order chi connectivity index (χ1) is 18.4. The number of hydrogen-bond donors (Lipinski definition) is 1. The third-order valence-electron chi connectivity index (χ3n) is 7.93. The fraction of sp³-hybridized carbons (Fsp3) is 0.600. The molecular weight excluding hydrogens is 480 g/mol. The van der Waals surface area contributed by atoms with Gasteiger partial charge in [0.15, 0.2) is 0 Å². The van der Waals surface area contributed by atoms with Gasteiger partial charge in [-0.3, -0.25) is 0 Å². The molecule has 1 N–H and O–H groups in total. The van der Waals surface area contributed by atoms with Gasteiger partial charge in [-0.1, -0.05) is 165 Å². The number of allylic oxidation sites excluding steroid dienone is 1. The molecule has 0 spiro atoms. The van der Waals surface area contributed by atoms with E-state index in [1.165, 1.54) is 74.6 Å². The average Bonchev–Trinajstić information content (AvgIpc) is 2.92. The van der Waals surface area contributed by atoms with Crippen LogP contribution in [0.2, 0.25) is 5.04 Å². The number of aliphatic hydroxyl groups is 1. The van der Waals surface area contributed by atoms with Crippen LogP contribution in [0.5, 0.6) is 0 Å². The Morgan fingerprint density at radius 3 is 1.61 bits per heavy atom. The number of aliphatic hydroxyl groups excluding tert-OH is 1. The molecule has 0 unspecified atom stereocenters. The van der Waals surface area contributed by atoms with Crippen molar-refractivity contribution in [2.75, 3.05) is 0 Å². The van der Waals surface area contributed by atoms with E-state index in [1.807, 2.05) is 6.08 Å². The van der Waals surface area contributed by atoms with Crippen LogP contribution in [0.4, 0.5) is 0 Å². The highest BCUT2D eigenvalue weighted by atomic mass is 28.4. The number of hydrogen-bond acceptors (Lipinski definition) is 2. The summed E-state index contributed by atoms with van der Waals surface area (Å²) in [7, 11) is -2.70. The molecule has 0 aliphatic carbocycles. The standard InChI is InChI=1S/C35H56O2Si/c1-6-8-10-11-12-13-14-15-16-17-24-30-34(33(36)29-9-7-2)37-38(35(3,4)5,31-25-20-18-21-26-31)32-27-22-19-23-28-32/h7,18-23,25-28,33-34,36H,2,6,8-17,24,29-30H2,1,3-5H3/t33-,34-/m1/s1. The lowest BCUT2D eigenvalue weighted by Gasteiger charge is -2.46. The SMILES string of the molecule is C=CCC[C@@H](O)[C@@H](CCCCCCCCCCCCC)O[Si](c1ccccc1)(c1ccccc1)C(C)(C)C. The molecule has 2 nitrogen and oxygen atoms in total. The third-order valence-corrected chi connectivity index (χ3v) is 13.0. The van der Waals surface area contributed by atoms with Gasteiger partial charge in [-0.25, -0.2) is 0 Å². The fourth-order valence-electron chi connectivity index (χ4n) is 5.73. The van der Waals surface area contributed by atoms with E-state index in [-0.39, 0.29) is 11.1 Å². The number of unbranched alkanes of at least 4 members (excludes halogenated alkanes) is 10. The van der Waals surface area contributed by atoms with Crippen LogP contribution in [0, 0.1) is 0 Å². The zero-order valence-electron chi connectivity index (χ0n) is 25.0. The molecule has 0 fully saturated rings. The summed E-state index contributed by atoms with van der Waals surface area (Å²) in [5, 5.41) is 13.8. The van der Waals surface area contributed by atoms with Gasteiger partial charge in [0.05, 0.1) is 12.2 Å². The summed E-state index contributed by atoms with van der Waals surface area (Å²) in [6, 6.07) is 21.6. The quantitative estimate of drug-likeness (QED) is 0.104. The van der Waals surface area contributed by atoms with E-state index in [1.54, 1.807) is 0 Å². The van der Waals surface area contributed by atoms with Gasteiger partial charge in [-0.2, -0.15) is 0 Å². The van der Waals surface area contributed by atoms with Crippen LogP contribution in [0.3, 0.4) is 0 Å². The summed E-state index contributed by atoms with van der Waals surface area (Å²) in [6.45, 7) is 13.1. The van der Waals surface area contributed by atoms with Crippen molar-refractivity contribution in [3.63, 3.8) is 0 Å². The minimum atomic E-state index is -2.70. The molecule has 2 aromatic carbocycles. The van der Waals surface area contributed by atoms with Gasteiger partial charge >= 0.3 is 0 Å². The minimum absolute atomic E-state index is 0.0940. The van der Waals surface area contributed by atoms with Crippen molar-refractivity contribution in [2.24, 2.45) is 0 Å². The van der Waals surface area contributed by atoms with Gasteiger partial charge in [0.25, 0.3) is 8.32 Å². The fourth-order valence-corrected chi connectivity index (χ4v) is 10.5. The van der Waals surface area contributed by atoms with Crippen molar-refractivity contribution in [1.29, 1.82) is 0 Å². The largest absolute Gasteiger partial charge is 0.402 e. The monoisotopic (exact) mass is 536 g/mol. The van der Waals surface area contributed by atoms with Crippen LogP contribution in [-0.4, -0.2) is 25.6 Å². The second kappa shape index (κ2) is 17.8. The van der Waals surface area contributed by atoms with E-state index < -0.39 is 14.4 Å². The van der Waals surface area contributed by atoms with Crippen molar-refractivity contribution in [3.05, 3.63) is 73.3 Å². The van der Waals surface area contributed by atoms with Crippen molar-refractivity contribution in [1.82, 2.24) is 0 Å². The maximum Gasteiger partial charge on any atom is 0.261 e. The lowest BCUT2D eigenvalue weighted by Crippen LogP contribution is -2.68. The Balaban J connectivity index is 2.13. The molecule has 0 amide bonds. The minimum Gasteiger partial charge on any atom is -0.402 e. The maximum atomic E-state index is 11.4. The Labute approximate surface area is 236 Å². The van der Waals surface area contributed by atoms with Crippen LogP contribution >= 0.6 is 0 Å². The molecule has 2 rings (SSSR count). The molecule has 0 heterocycles. The van der Waals surface area contributed by atoms with Crippen LogP contribution in [0.25, 0.3) is 0 Å². The first-order valence-corrected chi connectivity index (χ1v) is 17.4. The van der Waals surface area contributed by atoms with Crippen molar-refractivity contribution in [3.8, 4) is 0 Å². The van der Waals surface area contributed by atoms with Crippen LogP contribution in [-0.2, 0) is 4.43 Å². The zero-order chi connectivity index (χ0) is 27.7. The van der Waals surface area contributed by atoms with E-state index in [9.17, 15) is 5.11 Å². The molecule has 212 valence electrons. The highest BCUT2D eigenvalue weighted by molar-refractivity contribution is 6.99. The molecular formula is C35H56O2Si. The molecule has 0 saturated heterocycles. The lowest BCUT2D eigenvalue weighted by molar-refractivity contribution is 0.0192. The third kappa shape index (κ3) is 10.1. The van der Waals surface area contributed by atoms with Gasteiger partial charge in [-0.05, 0) is 34.7 Å². The van der Waals surface area contributed by atoms with E-state index in [4.69, 9.17) is 4.43 Å². The summed E-state index contributed by atoms with van der Waals surface area (Å²) in [4.78, 5) is 0. The van der Waals surface area contributed by atoms with Crippen molar-refractivity contribution < 1.29 is 9.53 Å². The molecule has 38 heavy (non-hydrogen) atoms. The Bertz CT molecular complexity index is 819. The Morgan fingerprint density at radius 2 is 1.18 bits per heavy atom. The van der Waals surface area contributed by atoms with E-state index in [2.05, 4.69) is 94.9 Å². The summed E-state index contributed by atoms with van der Waals surface area (Å²) in [6.07, 6.45) is 18.2. The van der Waals surface area contributed by atoms with Gasteiger partial charge in [0.1, 0.15) is 0 Å². The summed E-state index contributed by atoms with van der Waals surface area (Å²) in [5.41, 5.74) is 0. The van der Waals surface area contributed by atoms with Gasteiger partial charge < -0.3 is 9.53 Å². The van der Waals surface area contributed by atoms with Gasteiger partial charge in [-0.15, -0.1) is 6.58 Å². The molecule has 0 aromatic heterocycles. The van der Waals surface area contributed by atoms with Crippen LogP contribution in [0.1, 0.15) is 118 Å². The normalized spacial score (nSPS) is 13.8. The Kier molecular flexibility index (Phi) is 15.3.